The molecule has 1 aliphatic carbocycles. The van der Waals surface area contributed by atoms with E-state index in [-0.39, 0.29) is 0 Å². The van der Waals surface area contributed by atoms with Crippen molar-refractivity contribution in [1.29, 1.82) is 0 Å². The van der Waals surface area contributed by atoms with Crippen molar-refractivity contribution < 1.29 is 0 Å². The molecular weight excluding hydrogens is 174 g/mol. The molecule has 1 heterocycles. The van der Waals surface area contributed by atoms with Gasteiger partial charge in [-0.2, -0.15) is 5.10 Å². The number of aryl methyl sites for hydroxylation is 2. The molecule has 0 saturated heterocycles. The molecule has 3 heteroatoms. The maximum atomic E-state index is 5.69. The Bertz CT molecular complexity index is 290. The molecule has 78 valence electrons. The maximum absolute atomic E-state index is 5.69. The van der Waals surface area contributed by atoms with E-state index in [0.717, 1.165) is 24.8 Å². The molecule has 2 unspecified atom stereocenters. The van der Waals surface area contributed by atoms with Gasteiger partial charge in [0, 0.05) is 18.9 Å². The lowest BCUT2D eigenvalue weighted by molar-refractivity contribution is 0.171. The zero-order chi connectivity index (χ0) is 9.97. The summed E-state index contributed by atoms with van der Waals surface area (Å²) in [7, 11) is 2.01. The van der Waals surface area contributed by atoms with Crippen molar-refractivity contribution in [3.63, 3.8) is 0 Å². The lowest BCUT2D eigenvalue weighted by Gasteiger charge is -2.35. The van der Waals surface area contributed by atoms with Crippen LogP contribution in [0.4, 0.5) is 0 Å². The Morgan fingerprint density at radius 3 is 2.79 bits per heavy atom. The van der Waals surface area contributed by atoms with Gasteiger partial charge in [0.15, 0.2) is 0 Å². The molecule has 0 aromatic carbocycles. The molecule has 0 amide bonds. The Balaban J connectivity index is 1.80. The molecule has 0 radical (unpaired) electrons. The van der Waals surface area contributed by atoms with Crippen LogP contribution in [0.1, 0.15) is 25.0 Å². The van der Waals surface area contributed by atoms with Gasteiger partial charge in [-0.15, -0.1) is 0 Å². The minimum absolute atomic E-state index is 0.795. The first kappa shape index (κ1) is 9.71. The zero-order valence-corrected chi connectivity index (χ0v) is 8.82. The largest absolute Gasteiger partial charge is 0.330 e. The Morgan fingerprint density at radius 2 is 2.29 bits per heavy atom. The van der Waals surface area contributed by atoms with Crippen LogP contribution in [-0.2, 0) is 13.5 Å². The molecule has 14 heavy (non-hydrogen) atoms. The second-order valence-electron chi connectivity index (χ2n) is 4.32. The zero-order valence-electron chi connectivity index (χ0n) is 8.82. The first-order valence-electron chi connectivity index (χ1n) is 5.48. The smallest absolute Gasteiger partial charge is 0.0492 e. The summed E-state index contributed by atoms with van der Waals surface area (Å²) in [6, 6.07) is 2.11. The summed E-state index contributed by atoms with van der Waals surface area (Å²) in [6.07, 6.45) is 7.02. The SMILES string of the molecule is Cn1nccc1CCC1CCC1CN. The first-order valence-corrected chi connectivity index (χ1v) is 5.48. The monoisotopic (exact) mass is 193 g/mol. The molecule has 1 fully saturated rings. The van der Waals surface area contributed by atoms with E-state index >= 15 is 0 Å². The van der Waals surface area contributed by atoms with Gasteiger partial charge in [0.2, 0.25) is 0 Å². The molecule has 1 aromatic rings. The molecule has 0 spiro atoms. The van der Waals surface area contributed by atoms with Crippen molar-refractivity contribution in [3.05, 3.63) is 18.0 Å². The van der Waals surface area contributed by atoms with Crippen molar-refractivity contribution in [2.45, 2.75) is 25.7 Å². The standard InChI is InChI=1S/C11H19N3/c1-14-11(6-7-13-14)5-4-9-2-3-10(9)8-12/h6-7,9-10H,2-5,8,12H2,1H3. The van der Waals surface area contributed by atoms with E-state index in [9.17, 15) is 0 Å². The van der Waals surface area contributed by atoms with E-state index in [1.54, 1.807) is 0 Å². The topological polar surface area (TPSA) is 43.8 Å². The van der Waals surface area contributed by atoms with Gasteiger partial charge < -0.3 is 5.73 Å². The van der Waals surface area contributed by atoms with E-state index in [1.807, 2.05) is 17.9 Å². The average molecular weight is 193 g/mol. The van der Waals surface area contributed by atoms with Crippen molar-refractivity contribution >= 4 is 0 Å². The van der Waals surface area contributed by atoms with E-state index < -0.39 is 0 Å². The van der Waals surface area contributed by atoms with Crippen LogP contribution in [0.3, 0.4) is 0 Å². The molecule has 0 aliphatic heterocycles. The number of nitrogens with zero attached hydrogens (tertiary/aromatic N) is 2. The van der Waals surface area contributed by atoms with E-state index in [0.29, 0.717) is 0 Å². The highest BCUT2D eigenvalue weighted by molar-refractivity contribution is 5.00. The van der Waals surface area contributed by atoms with Crippen LogP contribution in [0, 0.1) is 11.8 Å². The highest BCUT2D eigenvalue weighted by Gasteiger charge is 2.28. The lowest BCUT2D eigenvalue weighted by Crippen LogP contribution is -2.32. The van der Waals surface area contributed by atoms with E-state index in [1.165, 1.54) is 25.0 Å². The Hall–Kier alpha value is -0.830. The van der Waals surface area contributed by atoms with Crippen LogP contribution < -0.4 is 5.73 Å². The van der Waals surface area contributed by atoms with Crippen LogP contribution in [-0.4, -0.2) is 16.3 Å². The summed E-state index contributed by atoms with van der Waals surface area (Å²) in [4.78, 5) is 0. The Kier molecular flexibility index (Phi) is 2.87. The summed E-state index contributed by atoms with van der Waals surface area (Å²) >= 11 is 0. The van der Waals surface area contributed by atoms with Crippen molar-refractivity contribution in [1.82, 2.24) is 9.78 Å². The van der Waals surface area contributed by atoms with Crippen molar-refractivity contribution in [2.75, 3.05) is 6.54 Å². The van der Waals surface area contributed by atoms with Crippen LogP contribution in [0.25, 0.3) is 0 Å². The van der Waals surface area contributed by atoms with Gasteiger partial charge >= 0.3 is 0 Å². The number of aromatic nitrogens is 2. The fourth-order valence-corrected chi connectivity index (χ4v) is 2.31. The second-order valence-corrected chi connectivity index (χ2v) is 4.32. The summed E-state index contributed by atoms with van der Waals surface area (Å²) < 4.78 is 1.97. The molecule has 2 atom stereocenters. The quantitative estimate of drug-likeness (QED) is 0.784. The van der Waals surface area contributed by atoms with Crippen LogP contribution >= 0.6 is 0 Å². The molecule has 1 aromatic heterocycles. The fraction of sp³-hybridized carbons (Fsp3) is 0.727. The maximum Gasteiger partial charge on any atom is 0.0492 e. The third-order valence-corrected chi connectivity index (χ3v) is 3.57. The number of hydrogen-bond acceptors (Lipinski definition) is 2. The van der Waals surface area contributed by atoms with E-state index in [2.05, 4.69) is 11.2 Å². The van der Waals surface area contributed by atoms with Gasteiger partial charge in [0.05, 0.1) is 0 Å². The fourth-order valence-electron chi connectivity index (χ4n) is 2.31. The molecule has 3 nitrogen and oxygen atoms in total. The van der Waals surface area contributed by atoms with Gasteiger partial charge in [-0.05, 0) is 50.1 Å². The molecule has 2 N–H and O–H groups in total. The molecule has 0 bridgehead atoms. The minimum Gasteiger partial charge on any atom is -0.330 e. The van der Waals surface area contributed by atoms with Crippen LogP contribution in [0.15, 0.2) is 12.3 Å². The second kappa shape index (κ2) is 4.13. The molecule has 1 saturated carbocycles. The molecular formula is C11H19N3. The summed E-state index contributed by atoms with van der Waals surface area (Å²) in [5.41, 5.74) is 7.03. The summed E-state index contributed by atoms with van der Waals surface area (Å²) in [5.74, 6) is 1.66. The highest BCUT2D eigenvalue weighted by Crippen LogP contribution is 2.36. The first-order chi connectivity index (χ1) is 6.81. The third kappa shape index (κ3) is 1.82. The van der Waals surface area contributed by atoms with Crippen molar-refractivity contribution in [2.24, 2.45) is 24.6 Å². The average Bonchev–Trinajstić information content (AvgIpc) is 2.51. The van der Waals surface area contributed by atoms with Gasteiger partial charge in [0.25, 0.3) is 0 Å². The Morgan fingerprint density at radius 1 is 1.50 bits per heavy atom. The van der Waals surface area contributed by atoms with Gasteiger partial charge in [-0.25, -0.2) is 0 Å². The van der Waals surface area contributed by atoms with E-state index in [4.69, 9.17) is 5.73 Å². The van der Waals surface area contributed by atoms with Gasteiger partial charge in [-0.3, -0.25) is 4.68 Å². The molecule has 1 aliphatic rings. The highest BCUT2D eigenvalue weighted by atomic mass is 15.2. The van der Waals surface area contributed by atoms with Crippen LogP contribution in [0.2, 0.25) is 0 Å². The Labute approximate surface area is 85.3 Å². The predicted octanol–water partition coefficient (Wildman–Crippen LogP) is 1.34. The third-order valence-electron chi connectivity index (χ3n) is 3.57. The summed E-state index contributed by atoms with van der Waals surface area (Å²) in [6.45, 7) is 0.871. The normalized spacial score (nSPS) is 26.1. The number of hydrogen-bond donors (Lipinski definition) is 1. The minimum atomic E-state index is 0.795. The van der Waals surface area contributed by atoms with Gasteiger partial charge in [0.1, 0.15) is 0 Å². The molecule has 2 rings (SSSR count). The van der Waals surface area contributed by atoms with Crippen molar-refractivity contribution in [3.8, 4) is 0 Å². The number of nitrogens with two attached hydrogens (primary N) is 1. The van der Waals surface area contributed by atoms with Crippen LogP contribution in [0.5, 0.6) is 0 Å². The van der Waals surface area contributed by atoms with Gasteiger partial charge in [-0.1, -0.05) is 0 Å². The summed E-state index contributed by atoms with van der Waals surface area (Å²) in [5, 5.41) is 4.17. The lowest BCUT2D eigenvalue weighted by atomic mass is 9.71. The number of rotatable bonds is 4. The predicted molar refractivity (Wildman–Crippen MR) is 56.8 cm³/mol.